The summed E-state index contributed by atoms with van der Waals surface area (Å²) >= 11 is 1.45. The second-order valence-corrected chi connectivity index (χ2v) is 10.2. The van der Waals surface area contributed by atoms with Crippen molar-refractivity contribution in [3.05, 3.63) is 59.9 Å². The number of ether oxygens (including phenoxy) is 1. The lowest BCUT2D eigenvalue weighted by Crippen LogP contribution is -2.19. The molecule has 1 aliphatic carbocycles. The fraction of sp³-hybridized carbons (Fsp3) is 0.444. The number of aromatic nitrogens is 3. The highest BCUT2D eigenvalue weighted by Gasteiger charge is 2.23. The number of nitrogens with zero attached hydrogens (tertiary/aromatic N) is 3. The number of carbonyl (C=O) groups is 1. The lowest BCUT2D eigenvalue weighted by Gasteiger charge is -2.25. The highest BCUT2D eigenvalue weighted by Crippen LogP contribution is 2.33. The summed E-state index contributed by atoms with van der Waals surface area (Å²) in [5, 5.41) is 16.2. The molecule has 35 heavy (non-hydrogen) atoms. The maximum atomic E-state index is 12.7. The van der Waals surface area contributed by atoms with Crippen LogP contribution in [0.4, 0.5) is 11.4 Å². The molecule has 186 valence electrons. The van der Waals surface area contributed by atoms with E-state index in [0.29, 0.717) is 24.3 Å². The number of anilines is 2. The standard InChI is InChI=1S/C27H35N5O2S/c1-19(2)20-12-14-21(15-13-20)29-26(33)18-35-27-31-30-25(32(27)23-9-5-4-6-10-23)17-28-22-8-7-11-24(16-22)34-3/h7-8,11-16,19,23,28H,4-6,9-10,17-18H2,1-3H3,(H,29,33). The molecule has 0 spiro atoms. The largest absolute Gasteiger partial charge is 0.497 e. The number of methoxy groups -OCH3 is 1. The van der Waals surface area contributed by atoms with Gasteiger partial charge in [0.25, 0.3) is 0 Å². The maximum Gasteiger partial charge on any atom is 0.234 e. The van der Waals surface area contributed by atoms with E-state index in [4.69, 9.17) is 4.74 Å². The quantitative estimate of drug-likeness (QED) is 0.325. The summed E-state index contributed by atoms with van der Waals surface area (Å²) in [5.41, 5.74) is 3.05. The lowest BCUT2D eigenvalue weighted by atomic mass is 9.95. The van der Waals surface area contributed by atoms with Crippen LogP contribution in [0.15, 0.2) is 53.7 Å². The monoisotopic (exact) mass is 493 g/mol. The topological polar surface area (TPSA) is 81.1 Å². The van der Waals surface area contributed by atoms with Crippen molar-refractivity contribution in [2.24, 2.45) is 0 Å². The molecule has 0 radical (unpaired) electrons. The number of hydrogen-bond acceptors (Lipinski definition) is 6. The third-order valence-corrected chi connectivity index (χ3v) is 7.33. The van der Waals surface area contributed by atoms with Crippen molar-refractivity contribution in [3.8, 4) is 5.75 Å². The molecule has 0 bridgehead atoms. The predicted molar refractivity (Wildman–Crippen MR) is 142 cm³/mol. The zero-order valence-electron chi connectivity index (χ0n) is 20.8. The van der Waals surface area contributed by atoms with Crippen molar-refractivity contribution >= 4 is 29.0 Å². The van der Waals surface area contributed by atoms with Crippen LogP contribution >= 0.6 is 11.8 Å². The van der Waals surface area contributed by atoms with Gasteiger partial charge in [0.05, 0.1) is 19.4 Å². The first-order chi connectivity index (χ1) is 17.0. The number of benzene rings is 2. The molecule has 0 atom stereocenters. The van der Waals surface area contributed by atoms with Gasteiger partial charge < -0.3 is 19.9 Å². The molecular formula is C27H35N5O2S. The minimum atomic E-state index is -0.0402. The number of nitrogens with one attached hydrogen (secondary N) is 2. The summed E-state index contributed by atoms with van der Waals surface area (Å²) in [6, 6.07) is 16.3. The van der Waals surface area contributed by atoms with E-state index in [1.807, 2.05) is 36.4 Å². The van der Waals surface area contributed by atoms with E-state index >= 15 is 0 Å². The van der Waals surface area contributed by atoms with Crippen molar-refractivity contribution in [2.45, 2.75) is 69.6 Å². The van der Waals surface area contributed by atoms with E-state index < -0.39 is 0 Å². The van der Waals surface area contributed by atoms with Crippen LogP contribution in [0.25, 0.3) is 0 Å². The molecule has 4 rings (SSSR count). The Hall–Kier alpha value is -3.00. The molecule has 1 saturated carbocycles. The summed E-state index contributed by atoms with van der Waals surface area (Å²) in [6.07, 6.45) is 5.93. The molecule has 2 N–H and O–H groups in total. The molecule has 1 amide bonds. The van der Waals surface area contributed by atoms with Crippen molar-refractivity contribution < 1.29 is 9.53 Å². The fourth-order valence-electron chi connectivity index (χ4n) is 4.43. The second kappa shape index (κ2) is 12.1. The SMILES string of the molecule is COc1cccc(NCc2nnc(SCC(=O)Nc3ccc(C(C)C)cc3)n2C2CCCCC2)c1. The first kappa shape index (κ1) is 25.1. The smallest absolute Gasteiger partial charge is 0.234 e. The van der Waals surface area contributed by atoms with E-state index in [9.17, 15) is 4.79 Å². The van der Waals surface area contributed by atoms with Crippen molar-refractivity contribution in [2.75, 3.05) is 23.5 Å². The Balaban J connectivity index is 1.42. The number of thioether (sulfide) groups is 1. The number of amides is 1. The predicted octanol–water partition coefficient (Wildman–Crippen LogP) is 6.26. The van der Waals surface area contributed by atoms with Gasteiger partial charge in [-0.3, -0.25) is 4.79 Å². The van der Waals surface area contributed by atoms with Crippen LogP contribution in [0.3, 0.4) is 0 Å². The van der Waals surface area contributed by atoms with Crippen LogP contribution in [-0.4, -0.2) is 33.5 Å². The molecule has 0 aliphatic heterocycles. The Morgan fingerprint density at radius 3 is 2.57 bits per heavy atom. The average molecular weight is 494 g/mol. The summed E-state index contributed by atoms with van der Waals surface area (Å²) in [5.74, 6) is 2.42. The summed E-state index contributed by atoms with van der Waals surface area (Å²) in [7, 11) is 1.67. The number of rotatable bonds is 10. The van der Waals surface area contributed by atoms with Gasteiger partial charge in [-0.25, -0.2) is 0 Å². The van der Waals surface area contributed by atoms with Gasteiger partial charge in [-0.15, -0.1) is 10.2 Å². The Bertz CT molecular complexity index is 1110. The van der Waals surface area contributed by atoms with Gasteiger partial charge in [0.2, 0.25) is 5.91 Å². The van der Waals surface area contributed by atoms with E-state index in [-0.39, 0.29) is 5.91 Å². The first-order valence-corrected chi connectivity index (χ1v) is 13.4. The first-order valence-electron chi connectivity index (χ1n) is 12.4. The average Bonchev–Trinajstić information content (AvgIpc) is 3.30. The van der Waals surface area contributed by atoms with E-state index in [1.165, 1.54) is 36.6 Å². The molecule has 3 aromatic rings. The summed E-state index contributed by atoms with van der Waals surface area (Å²) in [4.78, 5) is 12.7. The molecule has 7 nitrogen and oxygen atoms in total. The van der Waals surface area contributed by atoms with E-state index in [0.717, 1.165) is 40.9 Å². The molecule has 1 heterocycles. The van der Waals surface area contributed by atoms with Gasteiger partial charge in [0.15, 0.2) is 11.0 Å². The van der Waals surface area contributed by atoms with Gasteiger partial charge in [-0.2, -0.15) is 0 Å². The van der Waals surface area contributed by atoms with Gasteiger partial charge in [-0.05, 0) is 48.6 Å². The van der Waals surface area contributed by atoms with Gasteiger partial charge in [0, 0.05) is 23.5 Å². The van der Waals surface area contributed by atoms with Crippen LogP contribution in [0.5, 0.6) is 5.75 Å². The zero-order valence-corrected chi connectivity index (χ0v) is 21.6. The van der Waals surface area contributed by atoms with Gasteiger partial charge >= 0.3 is 0 Å². The summed E-state index contributed by atoms with van der Waals surface area (Å²) < 4.78 is 7.58. The Kier molecular flexibility index (Phi) is 8.69. The lowest BCUT2D eigenvalue weighted by molar-refractivity contribution is -0.113. The van der Waals surface area contributed by atoms with Crippen LogP contribution < -0.4 is 15.4 Å². The van der Waals surface area contributed by atoms with Gasteiger partial charge in [-0.1, -0.05) is 63.1 Å². The van der Waals surface area contributed by atoms with Crippen molar-refractivity contribution in [3.63, 3.8) is 0 Å². The highest BCUT2D eigenvalue weighted by atomic mass is 32.2. The van der Waals surface area contributed by atoms with E-state index in [1.54, 1.807) is 7.11 Å². The third kappa shape index (κ3) is 6.78. The molecule has 0 saturated heterocycles. The molecule has 1 aliphatic rings. The molecule has 2 aromatic carbocycles. The van der Waals surface area contributed by atoms with Crippen LogP contribution in [0, 0.1) is 0 Å². The molecule has 1 fully saturated rings. The molecule has 1 aromatic heterocycles. The van der Waals surface area contributed by atoms with Gasteiger partial charge in [0.1, 0.15) is 5.75 Å². The molecule has 8 heteroatoms. The minimum Gasteiger partial charge on any atom is -0.497 e. The van der Waals surface area contributed by atoms with Crippen molar-refractivity contribution in [1.82, 2.24) is 14.8 Å². The van der Waals surface area contributed by atoms with E-state index in [2.05, 4.69) is 51.4 Å². The Labute approximate surface area is 212 Å². The normalized spacial score (nSPS) is 14.2. The molecule has 0 unspecified atom stereocenters. The Morgan fingerprint density at radius 1 is 1.09 bits per heavy atom. The van der Waals surface area contributed by atoms with Crippen LogP contribution in [0.2, 0.25) is 0 Å². The highest BCUT2D eigenvalue weighted by molar-refractivity contribution is 7.99. The zero-order chi connectivity index (χ0) is 24.6. The maximum absolute atomic E-state index is 12.7. The number of hydrogen-bond donors (Lipinski definition) is 2. The third-order valence-electron chi connectivity index (χ3n) is 6.39. The molecular weight excluding hydrogens is 458 g/mol. The van der Waals surface area contributed by atoms with Crippen LogP contribution in [0.1, 0.15) is 69.3 Å². The minimum absolute atomic E-state index is 0.0402. The van der Waals surface area contributed by atoms with Crippen LogP contribution in [-0.2, 0) is 11.3 Å². The second-order valence-electron chi connectivity index (χ2n) is 9.26. The number of carbonyl (C=O) groups excluding carboxylic acids is 1. The Morgan fingerprint density at radius 2 is 1.86 bits per heavy atom. The fourth-order valence-corrected chi connectivity index (χ4v) is 5.25. The van der Waals surface area contributed by atoms with Crippen molar-refractivity contribution in [1.29, 1.82) is 0 Å². The summed E-state index contributed by atoms with van der Waals surface area (Å²) in [6.45, 7) is 4.88.